The molecular weight excluding hydrogens is 390 g/mol. The van der Waals surface area contributed by atoms with Gasteiger partial charge in [0.2, 0.25) is 0 Å². The Bertz CT molecular complexity index is 808. The van der Waals surface area contributed by atoms with Crippen LogP contribution in [0.15, 0.2) is 42.5 Å². The van der Waals surface area contributed by atoms with Crippen molar-refractivity contribution in [2.24, 2.45) is 0 Å². The predicted octanol–water partition coefficient (Wildman–Crippen LogP) is 5.09. The van der Waals surface area contributed by atoms with Crippen LogP contribution in [0.5, 0.6) is 0 Å². The van der Waals surface area contributed by atoms with Gasteiger partial charge in [-0.1, -0.05) is 44.2 Å². The number of anilines is 1. The van der Waals surface area contributed by atoms with E-state index in [1.165, 1.54) is 5.56 Å². The Hall–Kier alpha value is -1.92. The van der Waals surface area contributed by atoms with Gasteiger partial charge in [0.15, 0.2) is 6.61 Å². The molecule has 1 aliphatic heterocycles. The Balaban J connectivity index is 1.56. The van der Waals surface area contributed by atoms with Gasteiger partial charge in [-0.2, -0.15) is 0 Å². The third-order valence-electron chi connectivity index (χ3n) is 4.64. The number of esters is 1. The number of rotatable bonds is 7. The van der Waals surface area contributed by atoms with Crippen LogP contribution in [0.3, 0.4) is 0 Å². The summed E-state index contributed by atoms with van der Waals surface area (Å²) in [5, 5.41) is 2.91. The topological polar surface area (TPSA) is 55.4 Å². The van der Waals surface area contributed by atoms with Crippen molar-refractivity contribution < 1.29 is 14.3 Å². The van der Waals surface area contributed by atoms with Crippen LogP contribution in [0.25, 0.3) is 0 Å². The van der Waals surface area contributed by atoms with Gasteiger partial charge in [0.1, 0.15) is 0 Å². The van der Waals surface area contributed by atoms with Crippen molar-refractivity contribution in [1.82, 2.24) is 0 Å². The van der Waals surface area contributed by atoms with Crippen LogP contribution < -0.4 is 5.32 Å². The summed E-state index contributed by atoms with van der Waals surface area (Å²) in [5.41, 5.74) is 4.68. The quantitative estimate of drug-likeness (QED) is 0.639. The summed E-state index contributed by atoms with van der Waals surface area (Å²) < 4.78 is 5.66. The molecule has 148 valence electrons. The van der Waals surface area contributed by atoms with E-state index < -0.39 is 5.97 Å². The van der Waals surface area contributed by atoms with Crippen LogP contribution in [0, 0.1) is 0 Å². The number of carbonyl (C=O) groups is 2. The first-order chi connectivity index (χ1) is 13.6. The van der Waals surface area contributed by atoms with E-state index in [2.05, 4.69) is 19.2 Å². The second kappa shape index (κ2) is 10.0. The van der Waals surface area contributed by atoms with Gasteiger partial charge in [0, 0.05) is 17.2 Å². The number of thioether (sulfide) groups is 2. The molecule has 0 atom stereocenters. The number of hydrogen-bond acceptors (Lipinski definition) is 5. The van der Waals surface area contributed by atoms with E-state index in [0.29, 0.717) is 10.1 Å². The second-order valence-corrected chi connectivity index (χ2v) is 9.20. The van der Waals surface area contributed by atoms with Gasteiger partial charge in [0.25, 0.3) is 5.91 Å². The fourth-order valence-corrected chi connectivity index (χ4v) is 5.98. The van der Waals surface area contributed by atoms with Crippen molar-refractivity contribution in [2.75, 3.05) is 23.4 Å². The number of nitrogens with one attached hydrogen (secondary N) is 1. The molecule has 3 rings (SSSR count). The molecule has 28 heavy (non-hydrogen) atoms. The zero-order valence-corrected chi connectivity index (χ0v) is 17.8. The van der Waals surface area contributed by atoms with E-state index in [1.54, 1.807) is 12.1 Å². The molecule has 2 aromatic carbocycles. The van der Waals surface area contributed by atoms with Gasteiger partial charge in [0.05, 0.1) is 10.1 Å². The van der Waals surface area contributed by atoms with E-state index >= 15 is 0 Å². The molecule has 0 spiro atoms. The van der Waals surface area contributed by atoms with Gasteiger partial charge in [-0.15, -0.1) is 23.5 Å². The summed E-state index contributed by atoms with van der Waals surface area (Å²) in [5.74, 6) is 1.52. The highest BCUT2D eigenvalue weighted by molar-refractivity contribution is 8.19. The lowest BCUT2D eigenvalue weighted by Gasteiger charge is -2.14. The lowest BCUT2D eigenvalue weighted by Crippen LogP contribution is -2.22. The molecule has 6 heteroatoms. The molecule has 0 radical (unpaired) electrons. The maximum Gasteiger partial charge on any atom is 0.338 e. The first kappa shape index (κ1) is 20.8. The van der Waals surface area contributed by atoms with Crippen LogP contribution >= 0.6 is 23.5 Å². The van der Waals surface area contributed by atoms with Crippen molar-refractivity contribution in [3.63, 3.8) is 0 Å². The minimum atomic E-state index is -0.479. The van der Waals surface area contributed by atoms with Crippen LogP contribution in [0.4, 0.5) is 5.69 Å². The van der Waals surface area contributed by atoms with Gasteiger partial charge < -0.3 is 10.1 Å². The Morgan fingerprint density at radius 3 is 2.18 bits per heavy atom. The fourth-order valence-electron chi connectivity index (χ4n) is 3.12. The summed E-state index contributed by atoms with van der Waals surface area (Å²) in [7, 11) is 0. The van der Waals surface area contributed by atoms with Gasteiger partial charge in [-0.3, -0.25) is 4.79 Å². The molecule has 1 amide bonds. The van der Waals surface area contributed by atoms with Crippen molar-refractivity contribution in [3.8, 4) is 0 Å². The maximum atomic E-state index is 12.3. The normalized spacial score (nSPS) is 14.1. The van der Waals surface area contributed by atoms with E-state index in [-0.39, 0.29) is 12.5 Å². The van der Waals surface area contributed by atoms with Crippen molar-refractivity contribution in [1.29, 1.82) is 0 Å². The molecule has 1 saturated heterocycles. The summed E-state index contributed by atoms with van der Waals surface area (Å²) in [6.07, 6.45) is 1.65. The highest BCUT2D eigenvalue weighted by Crippen LogP contribution is 2.45. The zero-order chi connectivity index (χ0) is 19.9. The first-order valence-corrected chi connectivity index (χ1v) is 11.6. The lowest BCUT2D eigenvalue weighted by atomic mass is 10.0. The minimum absolute atomic E-state index is 0.296. The molecule has 0 bridgehead atoms. The Kier molecular flexibility index (Phi) is 7.45. The van der Waals surface area contributed by atoms with Gasteiger partial charge in [-0.25, -0.2) is 4.79 Å². The molecule has 4 nitrogen and oxygen atoms in total. The lowest BCUT2D eigenvalue weighted by molar-refractivity contribution is -0.119. The predicted molar refractivity (Wildman–Crippen MR) is 118 cm³/mol. The smallest absolute Gasteiger partial charge is 0.338 e. The molecule has 1 fully saturated rings. The van der Waals surface area contributed by atoms with Crippen LogP contribution in [-0.4, -0.2) is 30.0 Å². The highest BCUT2D eigenvalue weighted by atomic mass is 32.2. The Morgan fingerprint density at radius 1 is 1.00 bits per heavy atom. The summed E-state index contributed by atoms with van der Waals surface area (Å²) >= 11 is 3.85. The van der Waals surface area contributed by atoms with Crippen LogP contribution in [0.1, 0.15) is 45.5 Å². The van der Waals surface area contributed by atoms with Crippen LogP contribution in [-0.2, 0) is 22.4 Å². The molecule has 1 heterocycles. The monoisotopic (exact) mass is 415 g/mol. The second-order valence-electron chi connectivity index (χ2n) is 6.48. The average Bonchev–Trinajstić information content (AvgIpc) is 3.27. The standard InChI is InChI=1S/C22H25NO3S2/c1-3-15-6-5-7-16(4-2)20(15)23-19(24)14-26-21(25)17-8-10-18(11-9-17)22-27-12-13-28-22/h5-11,22H,3-4,12-14H2,1-2H3,(H,23,24). The highest BCUT2D eigenvalue weighted by Gasteiger charge is 2.19. The summed E-state index contributed by atoms with van der Waals surface area (Å²) in [6.45, 7) is 3.81. The number of para-hydroxylation sites is 1. The fraction of sp³-hybridized carbons (Fsp3) is 0.364. The largest absolute Gasteiger partial charge is 0.452 e. The summed E-state index contributed by atoms with van der Waals surface area (Å²) in [4.78, 5) is 24.6. The molecular formula is C22H25NO3S2. The molecule has 0 saturated carbocycles. The first-order valence-electron chi connectivity index (χ1n) is 9.53. The van der Waals surface area contributed by atoms with E-state index in [9.17, 15) is 9.59 Å². The van der Waals surface area contributed by atoms with Gasteiger partial charge >= 0.3 is 5.97 Å². The Labute approximate surface area is 174 Å². The van der Waals surface area contributed by atoms with E-state index in [4.69, 9.17) is 4.74 Å². The third-order valence-corrected chi connectivity index (χ3v) is 7.74. The summed E-state index contributed by atoms with van der Waals surface area (Å²) in [6, 6.07) is 13.5. The number of hydrogen-bond donors (Lipinski definition) is 1. The molecule has 0 unspecified atom stereocenters. The van der Waals surface area contributed by atoms with E-state index in [0.717, 1.165) is 41.2 Å². The van der Waals surface area contributed by atoms with Crippen molar-refractivity contribution in [3.05, 3.63) is 64.7 Å². The van der Waals surface area contributed by atoms with Gasteiger partial charge in [-0.05, 0) is 41.7 Å². The maximum absolute atomic E-state index is 12.3. The molecule has 1 N–H and O–H groups in total. The number of amides is 1. The average molecular weight is 416 g/mol. The van der Waals surface area contributed by atoms with E-state index in [1.807, 2.05) is 53.9 Å². The van der Waals surface area contributed by atoms with Crippen molar-refractivity contribution in [2.45, 2.75) is 31.3 Å². The number of aryl methyl sites for hydroxylation is 2. The van der Waals surface area contributed by atoms with Crippen LogP contribution in [0.2, 0.25) is 0 Å². The third kappa shape index (κ3) is 5.11. The molecule has 1 aliphatic rings. The Morgan fingerprint density at radius 2 is 1.61 bits per heavy atom. The number of ether oxygens (including phenoxy) is 1. The molecule has 2 aromatic rings. The minimum Gasteiger partial charge on any atom is -0.452 e. The molecule has 0 aromatic heterocycles. The zero-order valence-electron chi connectivity index (χ0n) is 16.2. The number of benzene rings is 2. The molecule has 0 aliphatic carbocycles. The van der Waals surface area contributed by atoms with Crippen molar-refractivity contribution >= 4 is 41.1 Å². The number of carbonyl (C=O) groups excluding carboxylic acids is 2. The SMILES string of the molecule is CCc1cccc(CC)c1NC(=O)COC(=O)c1ccc(C2SCCS2)cc1.